The molecule has 3 aromatic carbocycles. The fraction of sp³-hybridized carbons (Fsp3) is 0.242. The number of carbonyl (C=O) groups is 3. The Hall–Kier alpha value is -4.85. The van der Waals surface area contributed by atoms with Crippen LogP contribution in [0.1, 0.15) is 55.2 Å². The van der Waals surface area contributed by atoms with Gasteiger partial charge < -0.3 is 25.2 Å². The molecule has 5 rings (SSSR count). The number of phenolic OH excluding ortho intramolecular Hbond substituents is 1. The van der Waals surface area contributed by atoms with Crippen molar-refractivity contribution in [3.63, 3.8) is 0 Å². The quantitative estimate of drug-likeness (QED) is 0.333. The van der Waals surface area contributed by atoms with E-state index in [0.29, 0.717) is 40.1 Å². The number of dihydropyridines is 1. The first-order chi connectivity index (χ1) is 19.7. The summed E-state index contributed by atoms with van der Waals surface area (Å²) in [6.07, 6.45) is 0.819. The van der Waals surface area contributed by atoms with Crippen LogP contribution in [0.25, 0.3) is 0 Å². The van der Waals surface area contributed by atoms with E-state index >= 15 is 0 Å². The van der Waals surface area contributed by atoms with Crippen molar-refractivity contribution in [3.8, 4) is 11.5 Å². The van der Waals surface area contributed by atoms with Gasteiger partial charge in [0.2, 0.25) is 5.91 Å². The Kier molecular flexibility index (Phi) is 7.92. The molecule has 0 spiro atoms. The molecule has 0 fully saturated rings. The molecule has 2 aliphatic rings. The Morgan fingerprint density at radius 1 is 1.02 bits per heavy atom. The number of methoxy groups -OCH3 is 1. The smallest absolute Gasteiger partial charge is 0.337 e. The van der Waals surface area contributed by atoms with Crippen molar-refractivity contribution in [2.75, 3.05) is 12.4 Å². The van der Waals surface area contributed by atoms with Gasteiger partial charge in [0.25, 0.3) is 0 Å². The lowest BCUT2D eigenvalue weighted by Gasteiger charge is -2.37. The number of benzene rings is 3. The van der Waals surface area contributed by atoms with Crippen LogP contribution in [0, 0.1) is 0 Å². The number of Topliss-reactive ketones (excluding diaryl/α,β-unsaturated/α-hetero) is 1. The third-order valence-corrected chi connectivity index (χ3v) is 7.45. The van der Waals surface area contributed by atoms with Crippen molar-refractivity contribution < 1.29 is 29.0 Å². The zero-order valence-electron chi connectivity index (χ0n) is 23.2. The third kappa shape index (κ3) is 5.87. The molecule has 0 saturated heterocycles. The zero-order valence-corrected chi connectivity index (χ0v) is 23.2. The Bertz CT molecular complexity index is 1590. The highest BCUT2D eigenvalue weighted by Gasteiger charge is 2.42. The minimum atomic E-state index is -0.706. The summed E-state index contributed by atoms with van der Waals surface area (Å²) in [6.45, 7) is 3.20. The van der Waals surface area contributed by atoms with Crippen LogP contribution in [0.15, 0.2) is 95.3 Å². The number of ketones is 1. The van der Waals surface area contributed by atoms with Crippen molar-refractivity contribution in [2.24, 2.45) is 0 Å². The van der Waals surface area contributed by atoms with Crippen LogP contribution in [-0.2, 0) is 25.7 Å². The van der Waals surface area contributed by atoms with Crippen LogP contribution in [0.5, 0.6) is 11.5 Å². The Morgan fingerprint density at radius 2 is 1.80 bits per heavy atom. The summed E-state index contributed by atoms with van der Waals surface area (Å²) in [7, 11) is 1.62. The highest BCUT2D eigenvalue weighted by molar-refractivity contribution is 6.04. The van der Waals surface area contributed by atoms with Crippen LogP contribution in [-0.4, -0.2) is 29.9 Å². The lowest BCUT2D eigenvalue weighted by Crippen LogP contribution is -2.36. The fourth-order valence-corrected chi connectivity index (χ4v) is 5.74. The molecule has 0 aromatic heterocycles. The van der Waals surface area contributed by atoms with Crippen molar-refractivity contribution >= 4 is 23.3 Å². The van der Waals surface area contributed by atoms with E-state index < -0.39 is 11.9 Å². The molecule has 0 saturated carbocycles. The Balaban J connectivity index is 1.48. The van der Waals surface area contributed by atoms with Gasteiger partial charge in [-0.05, 0) is 60.4 Å². The first-order valence-corrected chi connectivity index (χ1v) is 13.4. The number of esters is 1. The van der Waals surface area contributed by atoms with E-state index in [0.717, 1.165) is 17.0 Å². The van der Waals surface area contributed by atoms with Gasteiger partial charge in [-0.2, -0.15) is 0 Å². The van der Waals surface area contributed by atoms with Gasteiger partial charge in [0.15, 0.2) is 5.78 Å². The lowest BCUT2D eigenvalue weighted by atomic mass is 9.71. The van der Waals surface area contributed by atoms with E-state index in [1.165, 1.54) is 6.92 Å². The van der Waals surface area contributed by atoms with Gasteiger partial charge in [0.05, 0.1) is 12.7 Å². The van der Waals surface area contributed by atoms with E-state index in [1.807, 2.05) is 24.3 Å². The van der Waals surface area contributed by atoms with Gasteiger partial charge in [0.1, 0.15) is 18.1 Å². The van der Waals surface area contributed by atoms with Gasteiger partial charge in [-0.25, -0.2) is 4.79 Å². The predicted molar refractivity (Wildman–Crippen MR) is 154 cm³/mol. The molecule has 8 heteroatoms. The summed E-state index contributed by atoms with van der Waals surface area (Å²) in [5.41, 5.74) is 5.05. The molecule has 210 valence electrons. The van der Waals surface area contributed by atoms with Crippen LogP contribution in [0.3, 0.4) is 0 Å². The monoisotopic (exact) mass is 552 g/mol. The molecule has 3 N–H and O–H groups in total. The van der Waals surface area contributed by atoms with Gasteiger partial charge in [-0.15, -0.1) is 0 Å². The summed E-state index contributed by atoms with van der Waals surface area (Å²) >= 11 is 0. The second-order valence-corrected chi connectivity index (χ2v) is 10.3. The normalized spacial score (nSPS) is 18.4. The second-order valence-electron chi connectivity index (χ2n) is 10.3. The maximum absolute atomic E-state index is 13.8. The summed E-state index contributed by atoms with van der Waals surface area (Å²) in [5.74, 6) is -0.874. The number of phenols is 1. The van der Waals surface area contributed by atoms with Crippen molar-refractivity contribution in [3.05, 3.63) is 112 Å². The van der Waals surface area contributed by atoms with E-state index in [2.05, 4.69) is 10.6 Å². The van der Waals surface area contributed by atoms with Gasteiger partial charge in [-0.1, -0.05) is 42.5 Å². The standard InChI is InChI=1S/C33H32N2O6/c1-19-30(33(39)41-18-21-8-6-10-24(14-21)35-20(2)36)31(22-9-7-11-25(37)15-22)32-27(34-19)16-23(17-28(32)38)26-12-4-5-13-29(26)40-3/h4-15,23,31,34,37H,16-18H2,1-3H3,(H,35,36). The summed E-state index contributed by atoms with van der Waals surface area (Å²) in [6, 6.07) is 21.4. The largest absolute Gasteiger partial charge is 0.508 e. The number of aromatic hydroxyl groups is 1. The maximum atomic E-state index is 13.8. The second kappa shape index (κ2) is 11.7. The average molecular weight is 553 g/mol. The molecule has 3 aromatic rings. The van der Waals surface area contributed by atoms with Gasteiger partial charge in [-0.3, -0.25) is 9.59 Å². The number of rotatable bonds is 7. The number of anilines is 1. The molecular formula is C33H32N2O6. The molecule has 1 aliphatic carbocycles. The number of ether oxygens (including phenoxy) is 2. The summed E-state index contributed by atoms with van der Waals surface area (Å²) < 4.78 is 11.3. The number of allylic oxidation sites excluding steroid dienone is 3. The predicted octanol–water partition coefficient (Wildman–Crippen LogP) is 5.46. The van der Waals surface area contributed by atoms with E-state index in [1.54, 1.807) is 62.6 Å². The number of hydrogen-bond acceptors (Lipinski definition) is 7. The molecule has 1 amide bonds. The maximum Gasteiger partial charge on any atom is 0.337 e. The molecule has 2 atom stereocenters. The topological polar surface area (TPSA) is 114 Å². The van der Waals surface area contributed by atoms with E-state index in [9.17, 15) is 19.5 Å². The summed E-state index contributed by atoms with van der Waals surface area (Å²) in [5, 5.41) is 16.4. The van der Waals surface area contributed by atoms with Crippen LogP contribution >= 0.6 is 0 Å². The lowest BCUT2D eigenvalue weighted by molar-refractivity contribution is -0.140. The highest BCUT2D eigenvalue weighted by Crippen LogP contribution is 2.47. The zero-order chi connectivity index (χ0) is 29.1. The van der Waals surface area contributed by atoms with Gasteiger partial charge in [0, 0.05) is 47.8 Å². The molecular weight excluding hydrogens is 520 g/mol. The number of para-hydroxylation sites is 1. The van der Waals surface area contributed by atoms with Crippen molar-refractivity contribution in [2.45, 2.75) is 45.1 Å². The molecule has 2 unspecified atom stereocenters. The van der Waals surface area contributed by atoms with Crippen LogP contribution < -0.4 is 15.4 Å². The number of carbonyl (C=O) groups excluding carboxylic acids is 3. The SMILES string of the molecule is COc1ccccc1C1CC(=O)C2=C(C1)NC(C)=C(C(=O)OCc1cccc(NC(C)=O)c1)C2c1cccc(O)c1. The van der Waals surface area contributed by atoms with E-state index in [-0.39, 0.29) is 36.4 Å². The highest BCUT2D eigenvalue weighted by atomic mass is 16.5. The number of amides is 1. The Morgan fingerprint density at radius 3 is 2.56 bits per heavy atom. The Labute approximate surface area is 238 Å². The molecule has 0 bridgehead atoms. The number of hydrogen-bond donors (Lipinski definition) is 3. The first kappa shape index (κ1) is 27.7. The first-order valence-electron chi connectivity index (χ1n) is 13.4. The average Bonchev–Trinajstić information content (AvgIpc) is 2.95. The minimum absolute atomic E-state index is 0.0223. The molecule has 1 aliphatic heterocycles. The molecule has 8 nitrogen and oxygen atoms in total. The fourth-order valence-electron chi connectivity index (χ4n) is 5.74. The van der Waals surface area contributed by atoms with Crippen molar-refractivity contribution in [1.29, 1.82) is 0 Å². The third-order valence-electron chi connectivity index (χ3n) is 7.45. The minimum Gasteiger partial charge on any atom is -0.508 e. The van der Waals surface area contributed by atoms with Crippen LogP contribution in [0.4, 0.5) is 5.69 Å². The van der Waals surface area contributed by atoms with Gasteiger partial charge >= 0.3 is 5.97 Å². The molecule has 1 heterocycles. The van der Waals surface area contributed by atoms with E-state index in [4.69, 9.17) is 9.47 Å². The summed E-state index contributed by atoms with van der Waals surface area (Å²) in [4.78, 5) is 38.9. The number of nitrogens with one attached hydrogen (secondary N) is 2. The van der Waals surface area contributed by atoms with Crippen LogP contribution in [0.2, 0.25) is 0 Å². The molecule has 0 radical (unpaired) electrons. The van der Waals surface area contributed by atoms with Crippen molar-refractivity contribution in [1.82, 2.24) is 5.32 Å². The molecule has 41 heavy (non-hydrogen) atoms.